The number of fused-ring (bicyclic) bond motifs is 1. The van der Waals surface area contributed by atoms with Crippen molar-refractivity contribution >= 4 is 0 Å². The maximum absolute atomic E-state index is 4.64. The zero-order chi connectivity index (χ0) is 12.3. The largest absolute Gasteiger partial charge is 0.332 e. The Hall–Kier alpha value is -0.790. The van der Waals surface area contributed by atoms with Crippen LogP contribution in [0, 0.1) is 19.3 Å². The van der Waals surface area contributed by atoms with Gasteiger partial charge >= 0.3 is 0 Å². The van der Waals surface area contributed by atoms with Crippen molar-refractivity contribution in [3.63, 3.8) is 0 Å². The molecule has 2 heteroatoms. The van der Waals surface area contributed by atoms with Gasteiger partial charge in [0.1, 0.15) is 5.82 Å². The van der Waals surface area contributed by atoms with Gasteiger partial charge in [-0.05, 0) is 32.1 Å². The molecule has 0 bridgehead atoms. The molecule has 0 fully saturated rings. The maximum atomic E-state index is 4.64. The minimum atomic E-state index is 0.434. The fraction of sp³-hybridized carbons (Fsp3) is 0.786. The summed E-state index contributed by atoms with van der Waals surface area (Å²) in [6, 6.07) is 0. The van der Waals surface area contributed by atoms with E-state index in [4.69, 9.17) is 0 Å². The zero-order valence-corrected chi connectivity index (χ0v) is 11.7. The normalized spacial score (nSPS) is 18.1. The van der Waals surface area contributed by atoms with E-state index in [0.29, 0.717) is 5.41 Å². The third-order valence-corrected chi connectivity index (χ3v) is 3.38. The van der Waals surface area contributed by atoms with Crippen molar-refractivity contribution in [3.8, 4) is 0 Å². The van der Waals surface area contributed by atoms with Crippen LogP contribution in [-0.2, 0) is 13.0 Å². The lowest BCUT2D eigenvalue weighted by Gasteiger charge is -2.23. The molecule has 0 saturated heterocycles. The molecule has 2 nitrogen and oxygen atoms in total. The molecule has 0 saturated carbocycles. The fourth-order valence-electron chi connectivity index (χ4n) is 2.36. The number of aryl methyl sites for hydroxylation is 2. The van der Waals surface area contributed by atoms with E-state index in [9.17, 15) is 0 Å². The van der Waals surface area contributed by atoms with Crippen molar-refractivity contribution < 1.29 is 0 Å². The van der Waals surface area contributed by atoms with Gasteiger partial charge in [0.2, 0.25) is 0 Å². The van der Waals surface area contributed by atoms with Crippen LogP contribution in [0.15, 0.2) is 0 Å². The molecule has 1 aliphatic heterocycles. The topological polar surface area (TPSA) is 17.8 Å². The van der Waals surface area contributed by atoms with Crippen LogP contribution in [0.2, 0.25) is 0 Å². The lowest BCUT2D eigenvalue weighted by Crippen LogP contribution is -2.19. The summed E-state index contributed by atoms with van der Waals surface area (Å²) >= 11 is 0. The Morgan fingerprint density at radius 1 is 1.19 bits per heavy atom. The van der Waals surface area contributed by atoms with Crippen LogP contribution < -0.4 is 0 Å². The third-order valence-electron chi connectivity index (χ3n) is 3.38. The standard InChI is InChI=1S/C12H20N2.C2H6/c1-9-10(2)14-8-12(3,4)7-5-6-11(14)13-9;1-2/h5-8H2,1-4H3;1-2H3. The molecule has 0 N–H and O–H groups in total. The number of hydrogen-bond acceptors (Lipinski definition) is 1. The highest BCUT2D eigenvalue weighted by Crippen LogP contribution is 2.30. The van der Waals surface area contributed by atoms with Gasteiger partial charge in [-0.1, -0.05) is 27.7 Å². The van der Waals surface area contributed by atoms with Gasteiger partial charge < -0.3 is 4.57 Å². The summed E-state index contributed by atoms with van der Waals surface area (Å²) in [5.41, 5.74) is 3.00. The Bertz CT molecular complexity index is 348. The summed E-state index contributed by atoms with van der Waals surface area (Å²) in [5, 5.41) is 0. The summed E-state index contributed by atoms with van der Waals surface area (Å²) in [6.45, 7) is 14.2. The minimum absolute atomic E-state index is 0.434. The van der Waals surface area contributed by atoms with Gasteiger partial charge in [0.05, 0.1) is 5.69 Å². The first kappa shape index (κ1) is 13.3. The number of hydrogen-bond donors (Lipinski definition) is 0. The average molecular weight is 222 g/mol. The van der Waals surface area contributed by atoms with Crippen molar-refractivity contribution in [1.82, 2.24) is 9.55 Å². The summed E-state index contributed by atoms with van der Waals surface area (Å²) in [6.07, 6.45) is 3.75. The Morgan fingerprint density at radius 3 is 2.44 bits per heavy atom. The molecule has 2 heterocycles. The summed E-state index contributed by atoms with van der Waals surface area (Å²) in [7, 11) is 0. The van der Waals surface area contributed by atoms with Crippen LogP contribution >= 0.6 is 0 Å². The first-order valence-electron chi connectivity index (χ1n) is 6.52. The molecule has 0 radical (unpaired) electrons. The van der Waals surface area contributed by atoms with Crippen LogP contribution in [0.3, 0.4) is 0 Å². The first-order chi connectivity index (χ1) is 7.49. The molecule has 0 unspecified atom stereocenters. The van der Waals surface area contributed by atoms with Crippen molar-refractivity contribution in [2.75, 3.05) is 0 Å². The molecule has 0 amide bonds. The van der Waals surface area contributed by atoms with E-state index < -0.39 is 0 Å². The molecule has 1 aromatic rings. The van der Waals surface area contributed by atoms with Gasteiger partial charge in [-0.25, -0.2) is 4.98 Å². The molecular weight excluding hydrogens is 196 g/mol. The van der Waals surface area contributed by atoms with E-state index in [2.05, 4.69) is 37.2 Å². The van der Waals surface area contributed by atoms with Gasteiger partial charge in [-0.2, -0.15) is 0 Å². The summed E-state index contributed by atoms with van der Waals surface area (Å²) < 4.78 is 2.42. The number of imidazole rings is 1. The van der Waals surface area contributed by atoms with E-state index in [1.54, 1.807) is 0 Å². The molecular formula is C14H26N2. The van der Waals surface area contributed by atoms with Crippen LogP contribution in [0.4, 0.5) is 0 Å². The van der Waals surface area contributed by atoms with Crippen molar-refractivity contribution in [2.45, 2.75) is 67.3 Å². The average Bonchev–Trinajstić information content (AvgIpc) is 2.42. The highest BCUT2D eigenvalue weighted by atomic mass is 15.1. The second kappa shape index (κ2) is 5.03. The van der Waals surface area contributed by atoms with Crippen molar-refractivity contribution in [3.05, 3.63) is 17.2 Å². The Kier molecular flexibility index (Phi) is 4.17. The lowest BCUT2D eigenvalue weighted by molar-refractivity contribution is 0.287. The molecule has 0 aliphatic carbocycles. The monoisotopic (exact) mass is 222 g/mol. The highest BCUT2D eigenvalue weighted by molar-refractivity contribution is 5.15. The molecule has 0 aromatic carbocycles. The van der Waals surface area contributed by atoms with E-state index >= 15 is 0 Å². The van der Waals surface area contributed by atoms with Gasteiger partial charge in [-0.15, -0.1) is 0 Å². The van der Waals surface area contributed by atoms with Crippen molar-refractivity contribution in [1.29, 1.82) is 0 Å². The van der Waals surface area contributed by atoms with Crippen molar-refractivity contribution in [2.24, 2.45) is 5.41 Å². The predicted octanol–water partition coefficient (Wildman–Crippen LogP) is 3.89. The lowest BCUT2D eigenvalue weighted by atomic mass is 9.88. The predicted molar refractivity (Wildman–Crippen MR) is 69.8 cm³/mol. The second-order valence-electron chi connectivity index (χ2n) is 5.30. The molecule has 16 heavy (non-hydrogen) atoms. The van der Waals surface area contributed by atoms with Crippen LogP contribution in [0.5, 0.6) is 0 Å². The molecule has 1 aliphatic rings. The fourth-order valence-corrected chi connectivity index (χ4v) is 2.36. The highest BCUT2D eigenvalue weighted by Gasteiger charge is 2.25. The summed E-state index contributed by atoms with van der Waals surface area (Å²) in [5.74, 6) is 1.30. The number of nitrogens with zero attached hydrogens (tertiary/aromatic N) is 2. The molecule has 0 atom stereocenters. The van der Waals surface area contributed by atoms with Gasteiger partial charge in [0, 0.05) is 18.7 Å². The molecule has 92 valence electrons. The van der Waals surface area contributed by atoms with Crippen LogP contribution in [0.25, 0.3) is 0 Å². The van der Waals surface area contributed by atoms with Gasteiger partial charge in [0.15, 0.2) is 0 Å². The molecule has 0 spiro atoms. The van der Waals surface area contributed by atoms with Gasteiger partial charge in [0.25, 0.3) is 0 Å². The Labute approximate surface area is 100 Å². The Morgan fingerprint density at radius 2 is 1.81 bits per heavy atom. The van der Waals surface area contributed by atoms with E-state index in [1.165, 1.54) is 30.1 Å². The summed E-state index contributed by atoms with van der Waals surface area (Å²) in [4.78, 5) is 4.64. The SMILES string of the molecule is CC.Cc1nc2n(c1C)CC(C)(C)CCC2. The van der Waals surface area contributed by atoms with E-state index in [0.717, 1.165) is 13.0 Å². The zero-order valence-electron chi connectivity index (χ0n) is 11.7. The van der Waals surface area contributed by atoms with Crippen LogP contribution in [0.1, 0.15) is 57.7 Å². The Balaban J connectivity index is 0.000000606. The minimum Gasteiger partial charge on any atom is -0.332 e. The first-order valence-corrected chi connectivity index (χ1v) is 6.52. The third kappa shape index (κ3) is 2.66. The molecule has 2 rings (SSSR count). The number of aromatic nitrogens is 2. The van der Waals surface area contributed by atoms with E-state index in [-0.39, 0.29) is 0 Å². The quantitative estimate of drug-likeness (QED) is 0.651. The smallest absolute Gasteiger partial charge is 0.109 e. The van der Waals surface area contributed by atoms with E-state index in [1.807, 2.05) is 13.8 Å². The number of rotatable bonds is 0. The van der Waals surface area contributed by atoms with Crippen LogP contribution in [-0.4, -0.2) is 9.55 Å². The second-order valence-corrected chi connectivity index (χ2v) is 5.30. The van der Waals surface area contributed by atoms with Gasteiger partial charge in [-0.3, -0.25) is 0 Å². The maximum Gasteiger partial charge on any atom is 0.109 e. The molecule has 1 aromatic heterocycles.